The van der Waals surface area contributed by atoms with E-state index in [1.807, 2.05) is 6.92 Å². The second-order valence-corrected chi connectivity index (χ2v) is 4.89. The molecule has 6 heteroatoms. The third-order valence-electron chi connectivity index (χ3n) is 2.55. The van der Waals surface area contributed by atoms with Gasteiger partial charge in [0.1, 0.15) is 0 Å². The van der Waals surface area contributed by atoms with Gasteiger partial charge in [0.15, 0.2) is 15.8 Å². The predicted molar refractivity (Wildman–Crippen MR) is 75.3 cm³/mol. The first-order chi connectivity index (χ1) is 8.63. The minimum atomic E-state index is -0.336. The van der Waals surface area contributed by atoms with Gasteiger partial charge in [0.25, 0.3) is 0 Å². The van der Waals surface area contributed by atoms with E-state index in [0.29, 0.717) is 22.4 Å². The van der Waals surface area contributed by atoms with Crippen LogP contribution in [0.3, 0.4) is 0 Å². The van der Waals surface area contributed by atoms with Crippen LogP contribution in [0.1, 0.15) is 43.3 Å². The molecule has 0 aliphatic carbocycles. The molecule has 0 bridgehead atoms. The highest BCUT2D eigenvalue weighted by Gasteiger charge is 2.22. The van der Waals surface area contributed by atoms with Gasteiger partial charge in [-0.3, -0.25) is 0 Å². The van der Waals surface area contributed by atoms with Crippen molar-refractivity contribution in [1.29, 1.82) is 0 Å². The number of rotatable bonds is 7. The summed E-state index contributed by atoms with van der Waals surface area (Å²) in [6, 6.07) is 0. The Balaban J connectivity index is 2.94. The summed E-state index contributed by atoms with van der Waals surface area (Å²) in [4.78, 5) is 18.7. The number of esters is 1. The van der Waals surface area contributed by atoms with Crippen LogP contribution in [-0.2, 0) is 4.74 Å². The van der Waals surface area contributed by atoms with E-state index in [4.69, 9.17) is 10.5 Å². The number of hydrogen-bond donors (Lipinski definition) is 1. The van der Waals surface area contributed by atoms with Crippen LogP contribution in [0.2, 0.25) is 0 Å². The fourth-order valence-electron chi connectivity index (χ4n) is 1.63. The molecule has 0 aromatic carbocycles. The first kappa shape index (κ1) is 14.8. The fourth-order valence-corrected chi connectivity index (χ4v) is 2.38. The Morgan fingerprint density at radius 3 is 2.72 bits per heavy atom. The standard InChI is InChI=1S/C12H21N3O2S/c1-4-7-8-15(5-2)10-9(11(16)17-6-3)18-12(13)14-10/h4-8H2,1-3H3,(H2,13,14). The molecule has 1 aromatic rings. The molecule has 0 fully saturated rings. The number of nitrogens with zero attached hydrogens (tertiary/aromatic N) is 2. The summed E-state index contributed by atoms with van der Waals surface area (Å²) in [7, 11) is 0. The Kier molecular flexibility index (Phi) is 5.91. The summed E-state index contributed by atoms with van der Waals surface area (Å²) < 4.78 is 5.03. The van der Waals surface area contributed by atoms with E-state index >= 15 is 0 Å². The first-order valence-electron chi connectivity index (χ1n) is 6.32. The number of carbonyl (C=O) groups is 1. The molecule has 0 spiro atoms. The largest absolute Gasteiger partial charge is 0.462 e. The van der Waals surface area contributed by atoms with Crippen LogP contribution in [0.4, 0.5) is 10.9 Å². The zero-order chi connectivity index (χ0) is 13.5. The normalized spacial score (nSPS) is 10.4. The lowest BCUT2D eigenvalue weighted by molar-refractivity contribution is 0.0532. The highest BCUT2D eigenvalue weighted by atomic mass is 32.1. The maximum Gasteiger partial charge on any atom is 0.352 e. The molecule has 0 radical (unpaired) electrons. The first-order valence-corrected chi connectivity index (χ1v) is 7.13. The summed E-state index contributed by atoms with van der Waals surface area (Å²) in [6.45, 7) is 8.00. The number of anilines is 2. The van der Waals surface area contributed by atoms with Gasteiger partial charge in [0.05, 0.1) is 6.61 Å². The van der Waals surface area contributed by atoms with Crippen molar-refractivity contribution in [2.75, 3.05) is 30.3 Å². The fraction of sp³-hybridized carbons (Fsp3) is 0.667. The van der Waals surface area contributed by atoms with Gasteiger partial charge in [-0.15, -0.1) is 0 Å². The molecule has 1 rings (SSSR count). The lowest BCUT2D eigenvalue weighted by atomic mass is 10.3. The van der Waals surface area contributed by atoms with Gasteiger partial charge >= 0.3 is 5.97 Å². The second kappa shape index (κ2) is 7.20. The van der Waals surface area contributed by atoms with Gasteiger partial charge in [-0.2, -0.15) is 0 Å². The molecule has 0 aliphatic rings. The molecular weight excluding hydrogens is 250 g/mol. The van der Waals surface area contributed by atoms with Gasteiger partial charge in [0.2, 0.25) is 0 Å². The average Bonchev–Trinajstić information content (AvgIpc) is 2.73. The van der Waals surface area contributed by atoms with Crippen molar-refractivity contribution < 1.29 is 9.53 Å². The van der Waals surface area contributed by atoms with Gasteiger partial charge < -0.3 is 15.4 Å². The second-order valence-electron chi connectivity index (χ2n) is 3.86. The molecule has 0 aliphatic heterocycles. The number of unbranched alkanes of at least 4 members (excludes halogenated alkanes) is 1. The van der Waals surface area contributed by atoms with Crippen molar-refractivity contribution in [3.05, 3.63) is 4.88 Å². The van der Waals surface area contributed by atoms with Crippen molar-refractivity contribution in [3.63, 3.8) is 0 Å². The molecule has 1 heterocycles. The number of aromatic nitrogens is 1. The minimum Gasteiger partial charge on any atom is -0.462 e. The highest BCUT2D eigenvalue weighted by molar-refractivity contribution is 7.17. The van der Waals surface area contributed by atoms with Crippen LogP contribution in [0.5, 0.6) is 0 Å². The molecule has 0 saturated heterocycles. The zero-order valence-electron chi connectivity index (χ0n) is 11.2. The minimum absolute atomic E-state index is 0.336. The third kappa shape index (κ3) is 3.60. The van der Waals surface area contributed by atoms with E-state index in [-0.39, 0.29) is 5.97 Å². The van der Waals surface area contributed by atoms with E-state index < -0.39 is 0 Å². The number of carbonyl (C=O) groups excluding carboxylic acids is 1. The van der Waals surface area contributed by atoms with Gasteiger partial charge in [-0.25, -0.2) is 9.78 Å². The van der Waals surface area contributed by atoms with Crippen LogP contribution >= 0.6 is 11.3 Å². The Hall–Kier alpha value is -1.30. The highest BCUT2D eigenvalue weighted by Crippen LogP contribution is 2.29. The molecule has 2 N–H and O–H groups in total. The molecule has 102 valence electrons. The Morgan fingerprint density at radius 2 is 2.17 bits per heavy atom. The molecule has 0 atom stereocenters. The third-order valence-corrected chi connectivity index (χ3v) is 3.40. The summed E-state index contributed by atoms with van der Waals surface area (Å²) in [5.41, 5.74) is 5.71. The van der Waals surface area contributed by atoms with Gasteiger partial charge in [-0.05, 0) is 20.3 Å². The van der Waals surface area contributed by atoms with E-state index in [0.717, 1.165) is 25.9 Å². The van der Waals surface area contributed by atoms with Crippen LogP contribution in [0, 0.1) is 0 Å². The van der Waals surface area contributed by atoms with Crippen LogP contribution < -0.4 is 10.6 Å². The van der Waals surface area contributed by atoms with E-state index in [9.17, 15) is 4.79 Å². The van der Waals surface area contributed by atoms with E-state index in [1.54, 1.807) is 6.92 Å². The van der Waals surface area contributed by atoms with Crippen molar-refractivity contribution in [1.82, 2.24) is 4.98 Å². The zero-order valence-corrected chi connectivity index (χ0v) is 12.0. The molecule has 5 nitrogen and oxygen atoms in total. The number of ether oxygens (including phenoxy) is 1. The Morgan fingerprint density at radius 1 is 1.44 bits per heavy atom. The molecule has 0 unspecified atom stereocenters. The SMILES string of the molecule is CCCCN(CC)c1nc(N)sc1C(=O)OCC. The topological polar surface area (TPSA) is 68.5 Å². The van der Waals surface area contributed by atoms with Crippen molar-refractivity contribution in [3.8, 4) is 0 Å². The summed E-state index contributed by atoms with van der Waals surface area (Å²) in [6.07, 6.45) is 2.17. The summed E-state index contributed by atoms with van der Waals surface area (Å²) in [5.74, 6) is 0.323. The maximum absolute atomic E-state index is 11.8. The number of thiazole rings is 1. The Bertz CT molecular complexity index is 393. The quantitative estimate of drug-likeness (QED) is 0.772. The number of nitrogens with two attached hydrogens (primary N) is 1. The van der Waals surface area contributed by atoms with E-state index in [2.05, 4.69) is 16.8 Å². The lowest BCUT2D eigenvalue weighted by Crippen LogP contribution is -2.26. The Labute approximate surface area is 112 Å². The predicted octanol–water partition coefficient (Wildman–Crippen LogP) is 2.53. The van der Waals surface area contributed by atoms with Gasteiger partial charge in [0, 0.05) is 13.1 Å². The monoisotopic (exact) mass is 271 g/mol. The number of hydrogen-bond acceptors (Lipinski definition) is 6. The van der Waals surface area contributed by atoms with Crippen LogP contribution in [-0.4, -0.2) is 30.6 Å². The molecule has 1 aromatic heterocycles. The smallest absolute Gasteiger partial charge is 0.352 e. The maximum atomic E-state index is 11.8. The van der Waals surface area contributed by atoms with Crippen LogP contribution in [0.25, 0.3) is 0 Å². The summed E-state index contributed by atoms with van der Waals surface area (Å²) in [5, 5.41) is 0.406. The molecule has 18 heavy (non-hydrogen) atoms. The summed E-state index contributed by atoms with van der Waals surface area (Å²) >= 11 is 1.19. The van der Waals surface area contributed by atoms with Gasteiger partial charge in [-0.1, -0.05) is 24.7 Å². The number of nitrogen functional groups attached to an aromatic ring is 1. The molecule has 0 amide bonds. The average molecular weight is 271 g/mol. The molecule has 0 saturated carbocycles. The van der Waals surface area contributed by atoms with E-state index in [1.165, 1.54) is 11.3 Å². The van der Waals surface area contributed by atoms with Crippen molar-refractivity contribution in [2.45, 2.75) is 33.6 Å². The lowest BCUT2D eigenvalue weighted by Gasteiger charge is -2.21. The van der Waals surface area contributed by atoms with Crippen molar-refractivity contribution in [2.24, 2.45) is 0 Å². The van der Waals surface area contributed by atoms with Crippen LogP contribution in [0.15, 0.2) is 0 Å². The molecular formula is C12H21N3O2S. The van der Waals surface area contributed by atoms with Crippen molar-refractivity contribution >= 4 is 28.3 Å².